The van der Waals surface area contributed by atoms with Crippen LogP contribution in [0.4, 0.5) is 4.79 Å². The molecule has 3 amide bonds. The predicted molar refractivity (Wildman–Crippen MR) is 120 cm³/mol. The van der Waals surface area contributed by atoms with Gasteiger partial charge in [0.15, 0.2) is 0 Å². The Morgan fingerprint density at radius 2 is 1.59 bits per heavy atom. The Morgan fingerprint density at radius 1 is 0.938 bits per heavy atom. The molecule has 2 aromatic heterocycles. The minimum absolute atomic E-state index is 0.0763. The smallest absolute Gasteiger partial charge is 0.325 e. The molecule has 0 saturated carbocycles. The van der Waals surface area contributed by atoms with Crippen molar-refractivity contribution < 1.29 is 14.1 Å². The molecule has 5 rings (SSSR count). The Bertz CT molecular complexity index is 1180. The van der Waals surface area contributed by atoms with E-state index in [1.807, 2.05) is 77.5 Å². The molecule has 0 atom stereocenters. The van der Waals surface area contributed by atoms with E-state index < -0.39 is 11.6 Å². The van der Waals surface area contributed by atoms with Gasteiger partial charge in [-0.3, -0.25) is 9.69 Å². The molecular weight excluding hydrogens is 424 g/mol. The molecule has 7 nitrogen and oxygen atoms in total. The minimum Gasteiger partial charge on any atom is -0.337 e. The molecule has 0 spiro atoms. The van der Waals surface area contributed by atoms with Crippen molar-refractivity contribution in [3.63, 3.8) is 0 Å². The Morgan fingerprint density at radius 3 is 2.19 bits per heavy atom. The molecule has 4 aromatic rings. The lowest BCUT2D eigenvalue weighted by Crippen LogP contribution is -2.51. The van der Waals surface area contributed by atoms with Gasteiger partial charge in [-0.2, -0.15) is 16.3 Å². The van der Waals surface area contributed by atoms with Gasteiger partial charge in [0.05, 0.1) is 0 Å². The van der Waals surface area contributed by atoms with E-state index in [9.17, 15) is 9.59 Å². The second kappa shape index (κ2) is 8.39. The van der Waals surface area contributed by atoms with Crippen molar-refractivity contribution in [1.29, 1.82) is 0 Å². The highest BCUT2D eigenvalue weighted by atomic mass is 32.1. The maximum absolute atomic E-state index is 13.6. The molecule has 32 heavy (non-hydrogen) atoms. The van der Waals surface area contributed by atoms with E-state index in [0.29, 0.717) is 18.7 Å². The fourth-order valence-corrected chi connectivity index (χ4v) is 4.61. The summed E-state index contributed by atoms with van der Waals surface area (Å²) in [6, 6.07) is 20.8. The van der Waals surface area contributed by atoms with Gasteiger partial charge in [-0.05, 0) is 22.6 Å². The summed E-state index contributed by atoms with van der Waals surface area (Å²) < 4.78 is 5.32. The van der Waals surface area contributed by atoms with Crippen molar-refractivity contribution in [2.75, 3.05) is 0 Å². The average Bonchev–Trinajstić information content (AvgIpc) is 3.54. The number of carbonyl (C=O) groups is 2. The van der Waals surface area contributed by atoms with Crippen LogP contribution in [0.2, 0.25) is 0 Å². The highest BCUT2D eigenvalue weighted by molar-refractivity contribution is 7.08. The molecule has 160 valence electrons. The van der Waals surface area contributed by atoms with Gasteiger partial charge in [0.1, 0.15) is 12.1 Å². The van der Waals surface area contributed by atoms with Crippen LogP contribution >= 0.6 is 11.3 Å². The normalized spacial score (nSPS) is 15.2. The van der Waals surface area contributed by atoms with Crippen LogP contribution in [0.25, 0.3) is 11.4 Å². The number of urea groups is 1. The number of nitrogens with zero attached hydrogens (tertiary/aromatic N) is 3. The lowest BCUT2D eigenvalue weighted by Gasteiger charge is -2.27. The molecule has 1 aliphatic heterocycles. The van der Waals surface area contributed by atoms with Crippen molar-refractivity contribution in [2.45, 2.75) is 24.9 Å². The molecule has 0 aliphatic carbocycles. The molecular formula is C24H20N4O3S. The average molecular weight is 445 g/mol. The van der Waals surface area contributed by atoms with Gasteiger partial charge in [-0.25, -0.2) is 4.79 Å². The van der Waals surface area contributed by atoms with E-state index >= 15 is 0 Å². The lowest BCUT2D eigenvalue weighted by atomic mass is 9.84. The lowest BCUT2D eigenvalue weighted by molar-refractivity contribution is -0.132. The number of hydrogen-bond donors (Lipinski definition) is 1. The quantitative estimate of drug-likeness (QED) is 0.434. The topological polar surface area (TPSA) is 88.3 Å². The fraction of sp³-hybridized carbons (Fsp3) is 0.167. The molecule has 1 aliphatic rings. The molecule has 1 fully saturated rings. The SMILES string of the molecule is O=C1NC(Cc2ccccc2)(Cc2ccccc2)C(=O)N1Cc1nc(-c2ccsc2)no1. The first-order chi connectivity index (χ1) is 15.6. The molecule has 8 heteroatoms. The van der Waals surface area contributed by atoms with E-state index in [2.05, 4.69) is 15.5 Å². The van der Waals surface area contributed by atoms with E-state index in [0.717, 1.165) is 21.6 Å². The van der Waals surface area contributed by atoms with Gasteiger partial charge in [-0.1, -0.05) is 65.8 Å². The Hall–Kier alpha value is -3.78. The van der Waals surface area contributed by atoms with Crippen LogP contribution < -0.4 is 5.32 Å². The summed E-state index contributed by atoms with van der Waals surface area (Å²) in [6.45, 7) is -0.0763. The van der Waals surface area contributed by atoms with Gasteiger partial charge in [-0.15, -0.1) is 0 Å². The minimum atomic E-state index is -1.09. The van der Waals surface area contributed by atoms with Crippen LogP contribution in [0, 0.1) is 0 Å². The summed E-state index contributed by atoms with van der Waals surface area (Å²) in [4.78, 5) is 32.1. The number of rotatable bonds is 7. The van der Waals surface area contributed by atoms with Crippen LogP contribution in [-0.4, -0.2) is 32.5 Å². The van der Waals surface area contributed by atoms with Gasteiger partial charge in [0, 0.05) is 23.8 Å². The van der Waals surface area contributed by atoms with Crippen molar-refractivity contribution in [3.05, 3.63) is 94.5 Å². The number of aromatic nitrogens is 2. The summed E-state index contributed by atoms with van der Waals surface area (Å²) in [5.74, 6) is 0.351. The zero-order chi connectivity index (χ0) is 22.0. The molecule has 0 bridgehead atoms. The second-order valence-electron chi connectivity index (χ2n) is 7.75. The molecule has 1 N–H and O–H groups in total. The maximum Gasteiger partial charge on any atom is 0.325 e. The van der Waals surface area contributed by atoms with Crippen molar-refractivity contribution in [1.82, 2.24) is 20.4 Å². The molecule has 0 radical (unpaired) electrons. The number of imide groups is 1. The highest BCUT2D eigenvalue weighted by Gasteiger charge is 2.51. The molecule has 3 heterocycles. The fourth-order valence-electron chi connectivity index (χ4n) is 3.97. The number of hydrogen-bond acceptors (Lipinski definition) is 6. The van der Waals surface area contributed by atoms with Gasteiger partial charge in [0.2, 0.25) is 11.7 Å². The van der Waals surface area contributed by atoms with Crippen LogP contribution in [0.15, 0.2) is 82.0 Å². The van der Waals surface area contributed by atoms with Crippen LogP contribution in [0.1, 0.15) is 17.0 Å². The van der Waals surface area contributed by atoms with Gasteiger partial charge < -0.3 is 9.84 Å². The maximum atomic E-state index is 13.6. The van der Waals surface area contributed by atoms with Crippen molar-refractivity contribution >= 4 is 23.3 Å². The summed E-state index contributed by atoms with van der Waals surface area (Å²) in [5, 5.41) is 10.8. The third-order valence-electron chi connectivity index (χ3n) is 5.48. The van der Waals surface area contributed by atoms with Crippen molar-refractivity contribution in [2.24, 2.45) is 0 Å². The van der Waals surface area contributed by atoms with Gasteiger partial charge in [0.25, 0.3) is 5.91 Å². The first-order valence-corrected chi connectivity index (χ1v) is 11.1. The Kier molecular flexibility index (Phi) is 5.28. The van der Waals surface area contributed by atoms with E-state index in [4.69, 9.17) is 4.52 Å². The number of amides is 3. The first-order valence-electron chi connectivity index (χ1n) is 10.2. The Balaban J connectivity index is 1.43. The van der Waals surface area contributed by atoms with E-state index in [1.165, 1.54) is 11.3 Å². The van der Waals surface area contributed by atoms with Gasteiger partial charge >= 0.3 is 6.03 Å². The number of nitrogens with one attached hydrogen (secondary N) is 1. The molecule has 2 aromatic carbocycles. The molecule has 1 saturated heterocycles. The molecule has 0 unspecified atom stereocenters. The number of thiophene rings is 1. The summed E-state index contributed by atoms with van der Waals surface area (Å²) in [7, 11) is 0. The third kappa shape index (κ3) is 3.92. The predicted octanol–water partition coefficient (Wildman–Crippen LogP) is 4.07. The summed E-state index contributed by atoms with van der Waals surface area (Å²) in [5.41, 5.74) is 1.69. The first kappa shape index (κ1) is 20.1. The van der Waals surface area contributed by atoms with Crippen LogP contribution in [0.3, 0.4) is 0 Å². The standard InChI is InChI=1S/C24H20N4O3S/c29-22-24(13-17-7-3-1-4-8-17,14-18-9-5-2-6-10-18)26-23(30)28(22)15-20-25-21(27-31-20)19-11-12-32-16-19/h1-12,16H,13-15H2,(H,26,30). The third-order valence-corrected chi connectivity index (χ3v) is 6.17. The van der Waals surface area contributed by atoms with E-state index in [-0.39, 0.29) is 18.3 Å². The zero-order valence-electron chi connectivity index (χ0n) is 17.1. The van der Waals surface area contributed by atoms with E-state index in [1.54, 1.807) is 0 Å². The van der Waals surface area contributed by atoms with Crippen molar-refractivity contribution in [3.8, 4) is 11.4 Å². The highest BCUT2D eigenvalue weighted by Crippen LogP contribution is 2.28. The second-order valence-corrected chi connectivity index (χ2v) is 8.53. The number of benzene rings is 2. The summed E-state index contributed by atoms with van der Waals surface area (Å²) in [6.07, 6.45) is 0.765. The monoisotopic (exact) mass is 444 g/mol. The van der Waals surface area contributed by atoms with Crippen LogP contribution in [0.5, 0.6) is 0 Å². The Labute approximate surface area is 188 Å². The van der Waals surface area contributed by atoms with Crippen LogP contribution in [-0.2, 0) is 24.2 Å². The zero-order valence-corrected chi connectivity index (χ0v) is 17.9. The summed E-state index contributed by atoms with van der Waals surface area (Å²) >= 11 is 1.53. The number of carbonyl (C=O) groups excluding carboxylic acids is 2. The largest absolute Gasteiger partial charge is 0.337 e.